The maximum absolute atomic E-state index is 4.91. The second-order valence-corrected chi connectivity index (χ2v) is 15.1. The summed E-state index contributed by atoms with van der Waals surface area (Å²) in [5.41, 5.74) is 7.85. The van der Waals surface area contributed by atoms with Gasteiger partial charge in [-0.2, -0.15) is 0 Å². The summed E-state index contributed by atoms with van der Waals surface area (Å²) in [5.74, 6) is 0. The van der Waals surface area contributed by atoms with Crippen molar-refractivity contribution in [2.24, 2.45) is 5.41 Å². The predicted molar refractivity (Wildman–Crippen MR) is 126 cm³/mol. The summed E-state index contributed by atoms with van der Waals surface area (Å²) in [6, 6.07) is 19.7. The SMILES string of the molecule is Cc1ccc(-c2cc(CC(C)(C)C)c([Si](C)(C)C)cn2)cc1-c1ccccc1. The summed E-state index contributed by atoms with van der Waals surface area (Å²) >= 11 is 0. The summed E-state index contributed by atoms with van der Waals surface area (Å²) in [7, 11) is -1.44. The van der Waals surface area contributed by atoms with E-state index in [0.717, 1.165) is 12.1 Å². The maximum Gasteiger partial charge on any atom is 0.0799 e. The van der Waals surface area contributed by atoms with E-state index in [0.29, 0.717) is 0 Å². The lowest BCUT2D eigenvalue weighted by Gasteiger charge is -2.26. The third-order valence-corrected chi connectivity index (χ3v) is 7.20. The van der Waals surface area contributed by atoms with Crippen molar-refractivity contribution in [1.29, 1.82) is 0 Å². The molecule has 0 spiro atoms. The summed E-state index contributed by atoms with van der Waals surface area (Å²) in [5, 5.41) is 1.49. The summed E-state index contributed by atoms with van der Waals surface area (Å²) in [6.07, 6.45) is 3.24. The van der Waals surface area contributed by atoms with Crippen molar-refractivity contribution < 1.29 is 0 Å². The predicted octanol–water partition coefficient (Wildman–Crippen LogP) is 6.86. The van der Waals surface area contributed by atoms with E-state index in [4.69, 9.17) is 4.98 Å². The van der Waals surface area contributed by atoms with Crippen LogP contribution in [0.4, 0.5) is 0 Å². The van der Waals surface area contributed by atoms with Gasteiger partial charge in [0.15, 0.2) is 0 Å². The Morgan fingerprint density at radius 3 is 2.14 bits per heavy atom. The molecule has 0 N–H and O–H groups in total. The first kappa shape index (κ1) is 20.5. The molecule has 1 aromatic heterocycles. The minimum absolute atomic E-state index is 0.259. The molecule has 28 heavy (non-hydrogen) atoms. The highest BCUT2D eigenvalue weighted by molar-refractivity contribution is 6.89. The first-order valence-corrected chi connectivity index (χ1v) is 13.7. The van der Waals surface area contributed by atoms with Gasteiger partial charge in [-0.05, 0) is 58.3 Å². The largest absolute Gasteiger partial charge is 0.256 e. The molecule has 1 nitrogen and oxygen atoms in total. The van der Waals surface area contributed by atoms with Crippen LogP contribution >= 0.6 is 0 Å². The van der Waals surface area contributed by atoms with Gasteiger partial charge in [0.05, 0.1) is 13.8 Å². The zero-order valence-electron chi connectivity index (χ0n) is 18.4. The zero-order valence-corrected chi connectivity index (χ0v) is 19.4. The molecule has 0 amide bonds. The lowest BCUT2D eigenvalue weighted by molar-refractivity contribution is 0.412. The van der Waals surface area contributed by atoms with Gasteiger partial charge < -0.3 is 0 Å². The van der Waals surface area contributed by atoms with Gasteiger partial charge in [0.2, 0.25) is 0 Å². The molecule has 2 heteroatoms. The highest BCUT2D eigenvalue weighted by atomic mass is 28.3. The highest BCUT2D eigenvalue weighted by Crippen LogP contribution is 2.30. The van der Waals surface area contributed by atoms with Gasteiger partial charge in [-0.1, -0.05) is 82.9 Å². The van der Waals surface area contributed by atoms with Gasteiger partial charge in [0, 0.05) is 11.8 Å². The van der Waals surface area contributed by atoms with E-state index in [1.807, 2.05) is 0 Å². The van der Waals surface area contributed by atoms with E-state index in [9.17, 15) is 0 Å². The second-order valence-electron chi connectivity index (χ2n) is 10.1. The molecule has 0 unspecified atom stereocenters. The number of aromatic nitrogens is 1. The minimum Gasteiger partial charge on any atom is -0.256 e. The standard InChI is InChI=1S/C26H33NSi/c1-19-13-14-21(15-23(19)20-11-9-8-10-12-20)24-16-22(17-26(2,3)4)25(18-27-24)28(5,6)7/h8-16,18H,17H2,1-7H3. The Hall–Kier alpha value is -2.19. The second kappa shape index (κ2) is 7.67. The van der Waals surface area contributed by atoms with Crippen LogP contribution in [0.25, 0.3) is 22.4 Å². The fraction of sp³-hybridized carbons (Fsp3) is 0.346. The van der Waals surface area contributed by atoms with Gasteiger partial charge in [-0.3, -0.25) is 4.98 Å². The van der Waals surface area contributed by atoms with Crippen molar-refractivity contribution >= 4 is 13.3 Å². The minimum atomic E-state index is -1.44. The molecule has 1 heterocycles. The number of hydrogen-bond acceptors (Lipinski definition) is 1. The molecule has 0 radical (unpaired) electrons. The van der Waals surface area contributed by atoms with Crippen LogP contribution in [0.15, 0.2) is 60.8 Å². The zero-order chi connectivity index (χ0) is 20.5. The number of aryl methyl sites for hydroxylation is 1. The molecule has 0 saturated carbocycles. The van der Waals surface area contributed by atoms with Crippen molar-refractivity contribution in [3.05, 3.63) is 71.9 Å². The van der Waals surface area contributed by atoms with Crippen molar-refractivity contribution in [1.82, 2.24) is 4.98 Å². The first-order valence-electron chi connectivity index (χ1n) is 10.2. The molecule has 0 saturated heterocycles. The average Bonchev–Trinajstić information content (AvgIpc) is 2.60. The van der Waals surface area contributed by atoms with Crippen molar-refractivity contribution in [2.45, 2.75) is 53.8 Å². The van der Waals surface area contributed by atoms with E-state index in [1.165, 1.54) is 33.0 Å². The highest BCUT2D eigenvalue weighted by Gasteiger charge is 2.24. The van der Waals surface area contributed by atoms with Gasteiger partial charge >= 0.3 is 0 Å². The molecule has 0 fully saturated rings. The van der Waals surface area contributed by atoms with Crippen LogP contribution < -0.4 is 5.19 Å². The van der Waals surface area contributed by atoms with Crippen LogP contribution in [-0.4, -0.2) is 13.1 Å². The average molecular weight is 388 g/mol. The van der Waals surface area contributed by atoms with Crippen LogP contribution in [0.3, 0.4) is 0 Å². The fourth-order valence-corrected chi connectivity index (χ4v) is 5.33. The van der Waals surface area contributed by atoms with Gasteiger partial charge in [0.25, 0.3) is 0 Å². The number of benzene rings is 2. The molecule has 2 aromatic carbocycles. The third kappa shape index (κ3) is 4.80. The maximum atomic E-state index is 4.91. The lowest BCUT2D eigenvalue weighted by Crippen LogP contribution is -2.41. The Morgan fingerprint density at radius 1 is 0.857 bits per heavy atom. The number of hydrogen-bond donors (Lipinski definition) is 0. The molecule has 0 aliphatic rings. The lowest BCUT2D eigenvalue weighted by atomic mass is 9.88. The summed E-state index contributed by atoms with van der Waals surface area (Å²) in [4.78, 5) is 4.91. The van der Waals surface area contributed by atoms with Crippen LogP contribution in [0.2, 0.25) is 19.6 Å². The monoisotopic (exact) mass is 387 g/mol. The Kier molecular flexibility index (Phi) is 5.63. The van der Waals surface area contributed by atoms with E-state index in [1.54, 1.807) is 0 Å². The molecule has 0 aliphatic heterocycles. The quantitative estimate of drug-likeness (QED) is 0.446. The Bertz CT molecular complexity index is 960. The van der Waals surface area contributed by atoms with E-state index in [-0.39, 0.29) is 5.41 Å². The van der Waals surface area contributed by atoms with E-state index in [2.05, 4.69) is 108 Å². The van der Waals surface area contributed by atoms with Gasteiger partial charge in [-0.25, -0.2) is 0 Å². The smallest absolute Gasteiger partial charge is 0.0799 e. The summed E-state index contributed by atoms with van der Waals surface area (Å²) < 4.78 is 0. The Morgan fingerprint density at radius 2 is 1.54 bits per heavy atom. The Balaban J connectivity index is 2.10. The number of pyridine rings is 1. The third-order valence-electron chi connectivity index (χ3n) is 5.14. The molecule has 0 bridgehead atoms. The molecule has 0 aliphatic carbocycles. The molecule has 3 aromatic rings. The summed E-state index contributed by atoms with van der Waals surface area (Å²) in [6.45, 7) is 16.4. The van der Waals surface area contributed by atoms with Crippen molar-refractivity contribution in [3.63, 3.8) is 0 Å². The normalized spacial score (nSPS) is 12.2. The van der Waals surface area contributed by atoms with Crippen LogP contribution in [0.5, 0.6) is 0 Å². The number of nitrogens with zero attached hydrogens (tertiary/aromatic N) is 1. The molecule has 146 valence electrons. The van der Waals surface area contributed by atoms with Gasteiger partial charge in [0.1, 0.15) is 0 Å². The van der Waals surface area contributed by atoms with E-state index < -0.39 is 8.07 Å². The number of rotatable bonds is 4. The van der Waals surface area contributed by atoms with Crippen molar-refractivity contribution in [3.8, 4) is 22.4 Å². The fourth-order valence-electron chi connectivity index (χ4n) is 3.76. The molecular formula is C26H33NSi. The molecular weight excluding hydrogens is 354 g/mol. The van der Waals surface area contributed by atoms with Crippen LogP contribution in [-0.2, 0) is 6.42 Å². The molecule has 3 rings (SSSR count). The first-order chi connectivity index (χ1) is 13.0. The molecule has 0 atom stereocenters. The van der Waals surface area contributed by atoms with E-state index >= 15 is 0 Å². The van der Waals surface area contributed by atoms with Crippen LogP contribution in [0, 0.1) is 12.3 Å². The van der Waals surface area contributed by atoms with Crippen molar-refractivity contribution in [2.75, 3.05) is 0 Å². The van der Waals surface area contributed by atoms with Crippen LogP contribution in [0.1, 0.15) is 31.9 Å². The Labute approximate surface area is 171 Å². The topological polar surface area (TPSA) is 12.9 Å². The van der Waals surface area contributed by atoms with Gasteiger partial charge in [-0.15, -0.1) is 0 Å².